The van der Waals surface area contributed by atoms with Crippen molar-refractivity contribution >= 4 is 27.5 Å². The minimum absolute atomic E-state index is 0.170. The molecule has 1 rings (SSSR count). The number of halogens is 2. The van der Waals surface area contributed by atoms with Crippen LogP contribution in [0.5, 0.6) is 0 Å². The zero-order chi connectivity index (χ0) is 9.14. The van der Waals surface area contributed by atoms with E-state index < -0.39 is 0 Å². The van der Waals surface area contributed by atoms with Gasteiger partial charge in [0, 0.05) is 9.85 Å². The molecule has 0 N–H and O–H groups in total. The summed E-state index contributed by atoms with van der Waals surface area (Å²) in [6.07, 6.45) is 0. The highest BCUT2D eigenvalue weighted by molar-refractivity contribution is 9.10. The fourth-order valence-corrected chi connectivity index (χ4v) is 1.87. The molecule has 0 fully saturated rings. The lowest BCUT2D eigenvalue weighted by Gasteiger charge is -2.15. The van der Waals surface area contributed by atoms with Crippen LogP contribution in [0.2, 0.25) is 0 Å². The van der Waals surface area contributed by atoms with Crippen molar-refractivity contribution in [2.24, 2.45) is 0 Å². The molecule has 0 nitrogen and oxygen atoms in total. The van der Waals surface area contributed by atoms with Crippen LogP contribution >= 0.6 is 27.5 Å². The van der Waals surface area contributed by atoms with Gasteiger partial charge in [-0.1, -0.05) is 41.1 Å². The lowest BCUT2D eigenvalue weighted by atomic mass is 9.99. The summed E-state index contributed by atoms with van der Waals surface area (Å²) in [7, 11) is 0. The van der Waals surface area contributed by atoms with E-state index in [1.54, 1.807) is 0 Å². The molecule has 0 bridgehead atoms. The number of benzene rings is 1. The SMILES string of the molecule is CC(Cl)C(C)c1ccccc1Br. The lowest BCUT2D eigenvalue weighted by Crippen LogP contribution is -2.05. The van der Waals surface area contributed by atoms with Crippen LogP contribution in [0.3, 0.4) is 0 Å². The van der Waals surface area contributed by atoms with Gasteiger partial charge in [-0.2, -0.15) is 0 Å². The van der Waals surface area contributed by atoms with Gasteiger partial charge >= 0.3 is 0 Å². The van der Waals surface area contributed by atoms with Crippen LogP contribution in [-0.2, 0) is 0 Å². The van der Waals surface area contributed by atoms with Crippen molar-refractivity contribution in [3.05, 3.63) is 34.3 Å². The maximum atomic E-state index is 6.01. The van der Waals surface area contributed by atoms with E-state index in [4.69, 9.17) is 11.6 Å². The maximum absolute atomic E-state index is 6.01. The molecule has 66 valence electrons. The molecule has 0 aliphatic carbocycles. The normalized spacial score (nSPS) is 15.7. The molecule has 0 radical (unpaired) electrons. The average Bonchev–Trinajstić information content (AvgIpc) is 2.04. The van der Waals surface area contributed by atoms with Crippen LogP contribution in [0, 0.1) is 0 Å². The number of hydrogen-bond acceptors (Lipinski definition) is 0. The van der Waals surface area contributed by atoms with Gasteiger partial charge in [-0.3, -0.25) is 0 Å². The third kappa shape index (κ3) is 2.24. The summed E-state index contributed by atoms with van der Waals surface area (Å²) in [5.74, 6) is 0.391. The van der Waals surface area contributed by atoms with E-state index in [0.29, 0.717) is 5.92 Å². The Labute approximate surface area is 87.1 Å². The Morgan fingerprint density at radius 2 is 1.83 bits per heavy atom. The van der Waals surface area contributed by atoms with E-state index in [1.807, 2.05) is 25.1 Å². The summed E-state index contributed by atoms with van der Waals surface area (Å²) < 4.78 is 1.14. The highest BCUT2D eigenvalue weighted by Gasteiger charge is 2.13. The van der Waals surface area contributed by atoms with Gasteiger partial charge in [0.05, 0.1) is 0 Å². The van der Waals surface area contributed by atoms with Gasteiger partial charge in [0.2, 0.25) is 0 Å². The topological polar surface area (TPSA) is 0 Å². The molecule has 12 heavy (non-hydrogen) atoms. The van der Waals surface area contributed by atoms with Crippen molar-refractivity contribution in [2.75, 3.05) is 0 Å². The first-order chi connectivity index (χ1) is 5.63. The first kappa shape index (κ1) is 10.1. The Morgan fingerprint density at radius 3 is 2.33 bits per heavy atom. The Kier molecular flexibility index (Phi) is 3.60. The second-order valence-corrected chi connectivity index (χ2v) is 4.53. The molecule has 1 aromatic rings. The molecule has 0 spiro atoms. The van der Waals surface area contributed by atoms with Gasteiger partial charge in [-0.05, 0) is 24.5 Å². The van der Waals surface area contributed by atoms with Crippen molar-refractivity contribution in [2.45, 2.75) is 25.1 Å². The summed E-state index contributed by atoms with van der Waals surface area (Å²) >= 11 is 9.52. The van der Waals surface area contributed by atoms with Crippen molar-refractivity contribution in [1.29, 1.82) is 0 Å². The standard InChI is InChI=1S/C10H12BrCl/c1-7(8(2)12)9-5-3-4-6-10(9)11/h3-8H,1-2H3. The van der Waals surface area contributed by atoms with Crippen LogP contribution in [0.25, 0.3) is 0 Å². The Morgan fingerprint density at radius 1 is 1.25 bits per heavy atom. The van der Waals surface area contributed by atoms with E-state index in [1.165, 1.54) is 5.56 Å². The van der Waals surface area contributed by atoms with E-state index in [0.717, 1.165) is 4.47 Å². The predicted octanol–water partition coefficient (Wildman–Crippen LogP) is 4.18. The number of rotatable bonds is 2. The van der Waals surface area contributed by atoms with E-state index in [-0.39, 0.29) is 5.38 Å². The third-order valence-electron chi connectivity index (χ3n) is 2.08. The van der Waals surface area contributed by atoms with Gasteiger partial charge < -0.3 is 0 Å². The molecular weight excluding hydrogens is 235 g/mol. The molecule has 2 atom stereocenters. The van der Waals surface area contributed by atoms with Gasteiger partial charge in [-0.15, -0.1) is 11.6 Å². The smallest absolute Gasteiger partial charge is 0.0374 e. The average molecular weight is 248 g/mol. The van der Waals surface area contributed by atoms with Crippen molar-refractivity contribution in [1.82, 2.24) is 0 Å². The zero-order valence-electron chi connectivity index (χ0n) is 7.22. The molecule has 2 unspecified atom stereocenters. The summed E-state index contributed by atoms with van der Waals surface area (Å²) in [6.45, 7) is 4.16. The Hall–Kier alpha value is -0.0100. The molecule has 0 saturated carbocycles. The molecule has 0 heterocycles. The first-order valence-corrected chi connectivity index (χ1v) is 5.24. The van der Waals surface area contributed by atoms with Crippen LogP contribution in [0.4, 0.5) is 0 Å². The lowest BCUT2D eigenvalue weighted by molar-refractivity contribution is 0.739. The second kappa shape index (κ2) is 4.29. The van der Waals surface area contributed by atoms with Gasteiger partial charge in [0.25, 0.3) is 0 Å². The van der Waals surface area contributed by atoms with Crippen LogP contribution in [-0.4, -0.2) is 5.38 Å². The zero-order valence-corrected chi connectivity index (χ0v) is 9.56. The van der Waals surface area contributed by atoms with Gasteiger partial charge in [0.1, 0.15) is 0 Å². The Balaban J connectivity index is 2.94. The van der Waals surface area contributed by atoms with E-state index >= 15 is 0 Å². The summed E-state index contributed by atoms with van der Waals surface area (Å²) in [5.41, 5.74) is 1.28. The summed E-state index contributed by atoms with van der Waals surface area (Å²) in [5, 5.41) is 0.170. The van der Waals surface area contributed by atoms with Crippen LogP contribution in [0.1, 0.15) is 25.3 Å². The predicted molar refractivity (Wildman–Crippen MR) is 57.9 cm³/mol. The molecule has 0 aliphatic rings. The van der Waals surface area contributed by atoms with E-state index in [2.05, 4.69) is 28.9 Å². The van der Waals surface area contributed by atoms with Gasteiger partial charge in [0.15, 0.2) is 0 Å². The molecule has 0 saturated heterocycles. The molecule has 0 amide bonds. The molecule has 0 aromatic heterocycles. The molecule has 1 aromatic carbocycles. The second-order valence-electron chi connectivity index (χ2n) is 2.99. The first-order valence-electron chi connectivity index (χ1n) is 4.01. The monoisotopic (exact) mass is 246 g/mol. The van der Waals surface area contributed by atoms with E-state index in [9.17, 15) is 0 Å². The largest absolute Gasteiger partial charge is 0.123 e. The third-order valence-corrected chi connectivity index (χ3v) is 3.18. The highest BCUT2D eigenvalue weighted by atomic mass is 79.9. The van der Waals surface area contributed by atoms with Crippen LogP contribution < -0.4 is 0 Å². The van der Waals surface area contributed by atoms with Crippen molar-refractivity contribution in [3.8, 4) is 0 Å². The minimum Gasteiger partial charge on any atom is -0.123 e. The summed E-state index contributed by atoms with van der Waals surface area (Å²) in [6, 6.07) is 8.20. The Bertz CT molecular complexity index is 258. The van der Waals surface area contributed by atoms with Gasteiger partial charge in [-0.25, -0.2) is 0 Å². The molecule has 2 heteroatoms. The maximum Gasteiger partial charge on any atom is 0.0374 e. The van der Waals surface area contributed by atoms with Crippen LogP contribution in [0.15, 0.2) is 28.7 Å². The quantitative estimate of drug-likeness (QED) is 0.688. The minimum atomic E-state index is 0.170. The number of alkyl halides is 1. The van der Waals surface area contributed by atoms with Crippen molar-refractivity contribution < 1.29 is 0 Å². The summed E-state index contributed by atoms with van der Waals surface area (Å²) in [4.78, 5) is 0. The van der Waals surface area contributed by atoms with Crippen molar-refractivity contribution in [3.63, 3.8) is 0 Å². The fraction of sp³-hybridized carbons (Fsp3) is 0.400. The highest BCUT2D eigenvalue weighted by Crippen LogP contribution is 2.28. The molecular formula is C10H12BrCl. The number of hydrogen-bond donors (Lipinski definition) is 0. The fourth-order valence-electron chi connectivity index (χ4n) is 1.09. The molecule has 0 aliphatic heterocycles.